The number of fused-ring (bicyclic) bond motifs is 1. The molecule has 0 fully saturated rings. The van der Waals surface area contributed by atoms with Gasteiger partial charge in [0.15, 0.2) is 5.82 Å². The molecule has 0 atom stereocenters. The van der Waals surface area contributed by atoms with Gasteiger partial charge in [-0.2, -0.15) is 0 Å². The molecule has 0 saturated heterocycles. The number of aryl methyl sites for hydroxylation is 1. The number of amides is 1. The Labute approximate surface area is 73.5 Å². The average molecular weight is 184 g/mol. The van der Waals surface area contributed by atoms with E-state index in [2.05, 4.69) is 15.6 Å². The fraction of sp³-hybridized carbons (Fsp3) is 0.500. The zero-order valence-electron chi connectivity index (χ0n) is 6.57. The monoisotopic (exact) mass is 184 g/mol. The molecule has 0 aromatic carbocycles. The van der Waals surface area contributed by atoms with Crippen LogP contribution in [0.2, 0.25) is 0 Å². The van der Waals surface area contributed by atoms with E-state index in [4.69, 9.17) is 0 Å². The van der Waals surface area contributed by atoms with E-state index in [9.17, 15) is 4.79 Å². The van der Waals surface area contributed by atoms with Gasteiger partial charge in [0.25, 0.3) is 0 Å². The second-order valence-electron chi connectivity index (χ2n) is 2.41. The second kappa shape index (κ2) is 2.78. The first-order valence-corrected chi connectivity index (χ1v) is 4.66. The number of carbonyl (C=O) groups is 1. The lowest BCUT2D eigenvalue weighted by molar-refractivity contribution is -0.115. The van der Waals surface area contributed by atoms with Crippen molar-refractivity contribution in [2.45, 2.75) is 18.5 Å². The molecule has 1 amide bonds. The van der Waals surface area contributed by atoms with Crippen molar-refractivity contribution < 1.29 is 4.79 Å². The summed E-state index contributed by atoms with van der Waals surface area (Å²) in [5.74, 6) is 1.23. The molecule has 0 bridgehead atoms. The van der Waals surface area contributed by atoms with Gasteiger partial charge in [0.2, 0.25) is 11.1 Å². The number of hydrogen-bond donors (Lipinski definition) is 1. The van der Waals surface area contributed by atoms with E-state index in [-0.39, 0.29) is 5.91 Å². The number of thioether (sulfide) groups is 1. The highest BCUT2D eigenvalue weighted by molar-refractivity contribution is 7.99. The molecule has 64 valence electrons. The Kier molecular flexibility index (Phi) is 1.76. The van der Waals surface area contributed by atoms with E-state index in [1.54, 1.807) is 4.68 Å². The largest absolute Gasteiger partial charge is 0.272 e. The fourth-order valence-corrected chi connectivity index (χ4v) is 1.73. The second-order valence-corrected chi connectivity index (χ2v) is 3.35. The van der Waals surface area contributed by atoms with Gasteiger partial charge in [-0.3, -0.25) is 10.2 Å². The van der Waals surface area contributed by atoms with Crippen LogP contribution in [0.3, 0.4) is 0 Å². The van der Waals surface area contributed by atoms with E-state index in [0.717, 1.165) is 17.4 Å². The van der Waals surface area contributed by atoms with Gasteiger partial charge in [-0.15, -0.1) is 10.2 Å². The minimum Gasteiger partial charge on any atom is -0.272 e. The first-order chi connectivity index (χ1) is 5.81. The molecule has 1 aliphatic rings. The lowest BCUT2D eigenvalue weighted by atomic mass is 10.5. The number of nitrogens with zero attached hydrogens (tertiary/aromatic N) is 3. The molecular formula is C6H8N4OS. The van der Waals surface area contributed by atoms with Gasteiger partial charge in [0.1, 0.15) is 0 Å². The maximum Gasteiger partial charge on any atom is 0.249 e. The maximum absolute atomic E-state index is 11.0. The van der Waals surface area contributed by atoms with Gasteiger partial charge >= 0.3 is 0 Å². The molecule has 12 heavy (non-hydrogen) atoms. The molecule has 2 heterocycles. The van der Waals surface area contributed by atoms with Crippen LogP contribution in [0.5, 0.6) is 0 Å². The summed E-state index contributed by atoms with van der Waals surface area (Å²) in [6, 6.07) is 0. The van der Waals surface area contributed by atoms with Crippen LogP contribution in [-0.2, 0) is 11.2 Å². The van der Waals surface area contributed by atoms with Gasteiger partial charge in [-0.05, 0) is 0 Å². The minimum atomic E-state index is 0.00185. The van der Waals surface area contributed by atoms with Crippen molar-refractivity contribution in [2.75, 3.05) is 11.2 Å². The molecule has 6 heteroatoms. The van der Waals surface area contributed by atoms with Crippen molar-refractivity contribution in [1.29, 1.82) is 0 Å². The summed E-state index contributed by atoms with van der Waals surface area (Å²) >= 11 is 1.41. The first-order valence-electron chi connectivity index (χ1n) is 3.68. The highest BCUT2D eigenvalue weighted by atomic mass is 32.2. The molecule has 1 aliphatic heterocycles. The summed E-state index contributed by atoms with van der Waals surface area (Å²) in [5, 5.41) is 8.62. The molecule has 1 N–H and O–H groups in total. The van der Waals surface area contributed by atoms with Crippen LogP contribution in [0.25, 0.3) is 0 Å². The summed E-state index contributed by atoms with van der Waals surface area (Å²) < 4.78 is 1.65. The third-order valence-corrected chi connectivity index (χ3v) is 2.51. The Morgan fingerprint density at radius 3 is 3.25 bits per heavy atom. The van der Waals surface area contributed by atoms with Gasteiger partial charge in [0.05, 0.1) is 5.75 Å². The van der Waals surface area contributed by atoms with Crippen molar-refractivity contribution in [1.82, 2.24) is 14.9 Å². The lowest BCUT2D eigenvalue weighted by Gasteiger charge is -2.14. The van der Waals surface area contributed by atoms with Gasteiger partial charge in [-0.1, -0.05) is 18.7 Å². The van der Waals surface area contributed by atoms with Gasteiger partial charge in [-0.25, -0.2) is 4.68 Å². The van der Waals surface area contributed by atoms with Crippen molar-refractivity contribution >= 4 is 17.7 Å². The summed E-state index contributed by atoms with van der Waals surface area (Å²) in [5.41, 5.74) is 2.69. The van der Waals surface area contributed by atoms with Crippen LogP contribution in [0.1, 0.15) is 12.7 Å². The Hall–Kier alpha value is -1.04. The summed E-state index contributed by atoms with van der Waals surface area (Å²) in [7, 11) is 0. The Morgan fingerprint density at radius 2 is 2.50 bits per heavy atom. The van der Waals surface area contributed by atoms with Crippen LogP contribution in [0, 0.1) is 0 Å². The molecule has 0 saturated carbocycles. The summed E-state index contributed by atoms with van der Waals surface area (Å²) in [6.07, 6.45) is 0.772. The Balaban J connectivity index is 2.40. The summed E-state index contributed by atoms with van der Waals surface area (Å²) in [4.78, 5) is 11.0. The maximum atomic E-state index is 11.0. The first kappa shape index (κ1) is 7.60. The fourth-order valence-electron chi connectivity index (χ4n) is 1.02. The molecule has 5 nitrogen and oxygen atoms in total. The van der Waals surface area contributed by atoms with E-state index >= 15 is 0 Å². The summed E-state index contributed by atoms with van der Waals surface area (Å²) in [6.45, 7) is 1.97. The van der Waals surface area contributed by atoms with Crippen molar-refractivity contribution in [2.24, 2.45) is 0 Å². The van der Waals surface area contributed by atoms with Crippen LogP contribution in [-0.4, -0.2) is 26.5 Å². The van der Waals surface area contributed by atoms with Crippen LogP contribution in [0.15, 0.2) is 5.16 Å². The minimum absolute atomic E-state index is 0.00185. The van der Waals surface area contributed by atoms with Crippen molar-refractivity contribution in [3.8, 4) is 0 Å². The molecule has 0 aliphatic carbocycles. The SMILES string of the molecule is CCc1nnc2n1NC(=O)CS2. The third kappa shape index (κ3) is 1.08. The number of hydrogen-bond acceptors (Lipinski definition) is 4. The van der Waals surface area contributed by atoms with Crippen LogP contribution < -0.4 is 5.43 Å². The third-order valence-electron chi connectivity index (χ3n) is 1.59. The van der Waals surface area contributed by atoms with Crippen molar-refractivity contribution in [3.05, 3.63) is 5.82 Å². The number of aromatic nitrogens is 3. The van der Waals surface area contributed by atoms with E-state index in [1.165, 1.54) is 11.8 Å². The molecule has 2 rings (SSSR count). The lowest BCUT2D eigenvalue weighted by Crippen LogP contribution is -2.30. The molecule has 0 spiro atoms. The quantitative estimate of drug-likeness (QED) is 0.668. The molecule has 0 unspecified atom stereocenters. The number of rotatable bonds is 1. The highest BCUT2D eigenvalue weighted by Crippen LogP contribution is 2.19. The van der Waals surface area contributed by atoms with Gasteiger partial charge in [0, 0.05) is 6.42 Å². The van der Waals surface area contributed by atoms with E-state index < -0.39 is 0 Å². The normalized spacial score (nSPS) is 15.6. The number of nitrogens with one attached hydrogen (secondary N) is 1. The van der Waals surface area contributed by atoms with E-state index in [0.29, 0.717) is 5.75 Å². The van der Waals surface area contributed by atoms with Crippen molar-refractivity contribution in [3.63, 3.8) is 0 Å². The molecule has 0 radical (unpaired) electrons. The van der Waals surface area contributed by atoms with Crippen LogP contribution >= 0.6 is 11.8 Å². The molecule has 1 aromatic rings. The Morgan fingerprint density at radius 1 is 1.67 bits per heavy atom. The zero-order chi connectivity index (χ0) is 8.55. The predicted octanol–water partition coefficient (Wildman–Crippen LogP) is 0.0163. The predicted molar refractivity (Wildman–Crippen MR) is 44.5 cm³/mol. The topological polar surface area (TPSA) is 59.8 Å². The average Bonchev–Trinajstić information content (AvgIpc) is 2.46. The highest BCUT2D eigenvalue weighted by Gasteiger charge is 2.19. The van der Waals surface area contributed by atoms with E-state index in [1.807, 2.05) is 6.92 Å². The van der Waals surface area contributed by atoms with Gasteiger partial charge < -0.3 is 0 Å². The van der Waals surface area contributed by atoms with Crippen LogP contribution in [0.4, 0.5) is 0 Å². The Bertz CT molecular complexity index is 308. The standard InChI is InChI=1S/C6H8N4OS/c1-2-4-7-8-6-10(4)9-5(11)3-12-6/h2-3H2,1H3,(H,9,11). The zero-order valence-corrected chi connectivity index (χ0v) is 7.39. The molecule has 1 aromatic heterocycles. The number of carbonyl (C=O) groups excluding carboxylic acids is 1. The smallest absolute Gasteiger partial charge is 0.249 e. The molecular weight excluding hydrogens is 176 g/mol.